The van der Waals surface area contributed by atoms with Crippen LogP contribution in [-0.4, -0.2) is 47.0 Å². The molecule has 2 N–H and O–H groups in total. The number of aromatic nitrogens is 2. The molecule has 142 valence electrons. The molecular weight excluding hydrogens is 342 g/mol. The summed E-state index contributed by atoms with van der Waals surface area (Å²) in [4.78, 5) is 35.5. The average Bonchev–Trinajstić information content (AvgIpc) is 2.68. The molecule has 2 heterocycles. The van der Waals surface area contributed by atoms with Gasteiger partial charge >= 0.3 is 0 Å². The molecule has 0 aliphatic carbocycles. The summed E-state index contributed by atoms with van der Waals surface area (Å²) in [5.74, 6) is 0.249. The van der Waals surface area contributed by atoms with E-state index in [1.165, 1.54) is 0 Å². The van der Waals surface area contributed by atoms with Gasteiger partial charge in [0.25, 0.3) is 5.91 Å². The number of benzene rings is 1. The van der Waals surface area contributed by atoms with E-state index < -0.39 is 6.04 Å². The quantitative estimate of drug-likeness (QED) is 0.840. The van der Waals surface area contributed by atoms with Crippen molar-refractivity contribution in [3.05, 3.63) is 53.9 Å². The van der Waals surface area contributed by atoms with Gasteiger partial charge in [0, 0.05) is 37.1 Å². The van der Waals surface area contributed by atoms with Crippen LogP contribution >= 0.6 is 0 Å². The molecular formula is C20H25N5O2. The van der Waals surface area contributed by atoms with Crippen LogP contribution in [-0.2, 0) is 4.79 Å². The molecule has 1 aromatic carbocycles. The second-order valence-corrected chi connectivity index (χ2v) is 6.91. The van der Waals surface area contributed by atoms with Gasteiger partial charge in [-0.1, -0.05) is 17.7 Å². The first kappa shape index (κ1) is 18.8. The Balaban J connectivity index is 1.54. The average molecular weight is 367 g/mol. The lowest BCUT2D eigenvalue weighted by molar-refractivity contribution is -0.123. The molecule has 2 atom stereocenters. The highest BCUT2D eigenvalue weighted by atomic mass is 16.2. The van der Waals surface area contributed by atoms with Crippen LogP contribution in [0.15, 0.2) is 42.7 Å². The molecule has 1 aliphatic heterocycles. The molecule has 1 fully saturated rings. The van der Waals surface area contributed by atoms with Crippen molar-refractivity contribution >= 4 is 17.8 Å². The number of amides is 2. The van der Waals surface area contributed by atoms with Gasteiger partial charge in [-0.3, -0.25) is 9.59 Å². The number of piperidine rings is 1. The fourth-order valence-electron chi connectivity index (χ4n) is 3.19. The second-order valence-electron chi connectivity index (χ2n) is 6.91. The highest BCUT2D eigenvalue weighted by molar-refractivity contribution is 5.97. The highest BCUT2D eigenvalue weighted by Crippen LogP contribution is 2.15. The molecule has 0 spiro atoms. The molecule has 7 heteroatoms. The summed E-state index contributed by atoms with van der Waals surface area (Å²) >= 11 is 0. The van der Waals surface area contributed by atoms with Crippen LogP contribution in [0.3, 0.4) is 0 Å². The van der Waals surface area contributed by atoms with Crippen LogP contribution in [0.1, 0.15) is 35.7 Å². The maximum atomic E-state index is 12.5. The fraction of sp³-hybridized carbons (Fsp3) is 0.400. The zero-order chi connectivity index (χ0) is 19.2. The zero-order valence-corrected chi connectivity index (χ0v) is 15.7. The topological polar surface area (TPSA) is 87.2 Å². The Morgan fingerprint density at radius 2 is 2.00 bits per heavy atom. The minimum absolute atomic E-state index is 0.00776. The lowest BCUT2D eigenvalue weighted by atomic mass is 10.1. The van der Waals surface area contributed by atoms with Crippen molar-refractivity contribution in [2.75, 3.05) is 18.0 Å². The molecule has 1 saturated heterocycles. The normalized spacial score (nSPS) is 17.9. The summed E-state index contributed by atoms with van der Waals surface area (Å²) in [6.45, 7) is 5.16. The van der Waals surface area contributed by atoms with Crippen LogP contribution in [0.25, 0.3) is 0 Å². The van der Waals surface area contributed by atoms with Crippen LogP contribution in [0.4, 0.5) is 5.95 Å². The fourth-order valence-corrected chi connectivity index (χ4v) is 3.19. The maximum absolute atomic E-state index is 12.5. The van der Waals surface area contributed by atoms with Gasteiger partial charge in [0.1, 0.15) is 6.04 Å². The summed E-state index contributed by atoms with van der Waals surface area (Å²) < 4.78 is 0. The van der Waals surface area contributed by atoms with Crippen molar-refractivity contribution in [2.24, 2.45) is 0 Å². The standard InChI is InChI=1S/C20H25N5O2/c1-14-6-3-7-16(12-14)19(27)23-15(2)18(26)24-17-8-4-11-25(13-17)20-21-9-5-10-22-20/h3,5-7,9-10,12,15,17H,4,8,11,13H2,1-2H3,(H,23,27)(H,24,26). The second kappa shape index (κ2) is 8.62. The van der Waals surface area contributed by atoms with E-state index in [1.807, 2.05) is 19.1 Å². The number of aryl methyl sites for hydroxylation is 1. The third-order valence-electron chi connectivity index (χ3n) is 4.62. The van der Waals surface area contributed by atoms with Gasteiger partial charge in [0.15, 0.2) is 0 Å². The van der Waals surface area contributed by atoms with E-state index in [0.717, 1.165) is 24.9 Å². The summed E-state index contributed by atoms with van der Waals surface area (Å²) in [6, 6.07) is 8.49. The minimum Gasteiger partial charge on any atom is -0.350 e. The Morgan fingerprint density at radius 1 is 1.22 bits per heavy atom. The molecule has 2 aromatic rings. The van der Waals surface area contributed by atoms with E-state index in [2.05, 4.69) is 25.5 Å². The zero-order valence-electron chi connectivity index (χ0n) is 15.7. The Bertz CT molecular complexity index is 796. The molecule has 1 aromatic heterocycles. The van der Waals surface area contributed by atoms with Crippen LogP contribution in [0, 0.1) is 6.92 Å². The van der Waals surface area contributed by atoms with Crippen molar-refractivity contribution in [2.45, 2.75) is 38.8 Å². The van der Waals surface area contributed by atoms with E-state index >= 15 is 0 Å². The lowest BCUT2D eigenvalue weighted by Gasteiger charge is -2.33. The van der Waals surface area contributed by atoms with Gasteiger partial charge in [-0.05, 0) is 44.9 Å². The molecule has 2 unspecified atom stereocenters. The Morgan fingerprint density at radius 3 is 2.74 bits per heavy atom. The summed E-state index contributed by atoms with van der Waals surface area (Å²) in [5.41, 5.74) is 1.56. The van der Waals surface area contributed by atoms with Gasteiger partial charge in [-0.25, -0.2) is 9.97 Å². The van der Waals surface area contributed by atoms with Crippen LogP contribution in [0.5, 0.6) is 0 Å². The Hall–Kier alpha value is -2.96. The summed E-state index contributed by atoms with van der Waals surface area (Å²) in [5, 5.41) is 5.80. The van der Waals surface area contributed by atoms with Gasteiger partial charge in [-0.2, -0.15) is 0 Å². The highest BCUT2D eigenvalue weighted by Gasteiger charge is 2.25. The van der Waals surface area contributed by atoms with Crippen LogP contribution in [0.2, 0.25) is 0 Å². The first-order valence-corrected chi connectivity index (χ1v) is 9.23. The van der Waals surface area contributed by atoms with E-state index in [9.17, 15) is 9.59 Å². The summed E-state index contributed by atoms with van der Waals surface area (Å²) in [6.07, 6.45) is 5.28. The van der Waals surface area contributed by atoms with Crippen molar-refractivity contribution in [1.82, 2.24) is 20.6 Å². The first-order chi connectivity index (χ1) is 13.0. The van der Waals surface area contributed by atoms with Crippen molar-refractivity contribution in [1.29, 1.82) is 0 Å². The van der Waals surface area contributed by atoms with Gasteiger partial charge in [0.2, 0.25) is 11.9 Å². The maximum Gasteiger partial charge on any atom is 0.251 e. The van der Waals surface area contributed by atoms with Crippen molar-refractivity contribution in [3.8, 4) is 0 Å². The number of hydrogen-bond acceptors (Lipinski definition) is 5. The van der Waals surface area contributed by atoms with Crippen molar-refractivity contribution < 1.29 is 9.59 Å². The first-order valence-electron chi connectivity index (χ1n) is 9.23. The summed E-state index contributed by atoms with van der Waals surface area (Å²) in [7, 11) is 0. The van der Waals surface area contributed by atoms with Crippen molar-refractivity contribution in [3.63, 3.8) is 0 Å². The van der Waals surface area contributed by atoms with E-state index in [1.54, 1.807) is 37.5 Å². The Kier molecular flexibility index (Phi) is 6.01. The van der Waals surface area contributed by atoms with Gasteiger partial charge in [0.05, 0.1) is 0 Å². The third kappa shape index (κ3) is 5.03. The molecule has 3 rings (SSSR count). The van der Waals surface area contributed by atoms with Gasteiger partial charge in [-0.15, -0.1) is 0 Å². The van der Waals surface area contributed by atoms with E-state index in [4.69, 9.17) is 0 Å². The monoisotopic (exact) mass is 367 g/mol. The molecule has 0 saturated carbocycles. The largest absolute Gasteiger partial charge is 0.350 e. The van der Waals surface area contributed by atoms with E-state index in [-0.39, 0.29) is 17.9 Å². The molecule has 0 radical (unpaired) electrons. The predicted molar refractivity (Wildman–Crippen MR) is 104 cm³/mol. The van der Waals surface area contributed by atoms with Gasteiger partial charge < -0.3 is 15.5 Å². The minimum atomic E-state index is -0.610. The van der Waals surface area contributed by atoms with Crippen LogP contribution < -0.4 is 15.5 Å². The third-order valence-corrected chi connectivity index (χ3v) is 4.62. The number of carbonyl (C=O) groups is 2. The molecule has 1 aliphatic rings. The lowest BCUT2D eigenvalue weighted by Crippen LogP contribution is -2.53. The number of carbonyl (C=O) groups excluding carboxylic acids is 2. The smallest absolute Gasteiger partial charge is 0.251 e. The number of nitrogens with one attached hydrogen (secondary N) is 2. The molecule has 7 nitrogen and oxygen atoms in total. The Labute approximate surface area is 159 Å². The molecule has 0 bridgehead atoms. The number of hydrogen-bond donors (Lipinski definition) is 2. The predicted octanol–water partition coefficient (Wildman–Crippen LogP) is 1.69. The number of rotatable bonds is 5. The number of nitrogens with zero attached hydrogens (tertiary/aromatic N) is 3. The molecule has 2 amide bonds. The number of anilines is 1. The van der Waals surface area contributed by atoms with E-state index in [0.29, 0.717) is 18.1 Å². The molecule has 27 heavy (non-hydrogen) atoms. The SMILES string of the molecule is Cc1cccc(C(=O)NC(C)C(=O)NC2CCCN(c3ncccn3)C2)c1.